The molecular weight excluding hydrogens is 172 g/mol. The number of hydrogen-bond acceptors (Lipinski definition) is 3. The lowest BCUT2D eigenvalue weighted by Crippen LogP contribution is -2.45. The highest BCUT2D eigenvalue weighted by Gasteiger charge is 2.46. The Balaban J connectivity index is 2.86. The first-order valence-electron chi connectivity index (χ1n) is 4.39. The minimum Gasteiger partial charge on any atom is -0.480 e. The highest BCUT2D eigenvalue weighted by molar-refractivity contribution is 6.03. The fourth-order valence-corrected chi connectivity index (χ4v) is 1.78. The number of aliphatic carboxylic acids is 1. The van der Waals surface area contributed by atoms with Gasteiger partial charge in [-0.25, -0.2) is 0 Å². The van der Waals surface area contributed by atoms with Gasteiger partial charge in [0.2, 0.25) is 0 Å². The summed E-state index contributed by atoms with van der Waals surface area (Å²) in [7, 11) is 1.42. The van der Waals surface area contributed by atoms with Crippen LogP contribution in [0.3, 0.4) is 0 Å². The summed E-state index contributed by atoms with van der Waals surface area (Å²) >= 11 is 0. The lowest BCUT2D eigenvalue weighted by molar-refractivity contribution is -0.161. The highest BCUT2D eigenvalue weighted by atomic mass is 16.5. The molecule has 74 valence electrons. The Bertz CT molecular complexity index is 220. The zero-order valence-electron chi connectivity index (χ0n) is 7.71. The molecule has 0 radical (unpaired) electrons. The van der Waals surface area contributed by atoms with Crippen molar-refractivity contribution < 1.29 is 19.4 Å². The molecule has 0 saturated heterocycles. The van der Waals surface area contributed by atoms with Crippen LogP contribution in [-0.4, -0.2) is 30.6 Å². The number of methoxy groups -OCH3 is 1. The van der Waals surface area contributed by atoms with Crippen LogP contribution in [0, 0.1) is 5.41 Å². The quantitative estimate of drug-likeness (QED) is 0.663. The van der Waals surface area contributed by atoms with E-state index in [9.17, 15) is 9.59 Å². The monoisotopic (exact) mass is 186 g/mol. The molecule has 1 unspecified atom stereocenters. The molecular formula is C9H14O4. The Morgan fingerprint density at radius 1 is 1.62 bits per heavy atom. The van der Waals surface area contributed by atoms with E-state index in [1.54, 1.807) is 0 Å². The van der Waals surface area contributed by atoms with Gasteiger partial charge in [-0.3, -0.25) is 9.59 Å². The van der Waals surface area contributed by atoms with Gasteiger partial charge in [0.15, 0.2) is 5.78 Å². The second kappa shape index (κ2) is 3.87. The zero-order valence-corrected chi connectivity index (χ0v) is 7.71. The lowest BCUT2D eigenvalue weighted by atomic mass is 9.73. The third kappa shape index (κ3) is 1.72. The van der Waals surface area contributed by atoms with Crippen LogP contribution in [0.1, 0.15) is 25.7 Å². The van der Waals surface area contributed by atoms with E-state index < -0.39 is 11.4 Å². The van der Waals surface area contributed by atoms with Crippen LogP contribution in [0.4, 0.5) is 0 Å². The van der Waals surface area contributed by atoms with Crippen molar-refractivity contribution in [3.05, 3.63) is 0 Å². The maximum absolute atomic E-state index is 11.5. The van der Waals surface area contributed by atoms with Crippen LogP contribution in [0.2, 0.25) is 0 Å². The van der Waals surface area contributed by atoms with E-state index in [0.717, 1.165) is 12.8 Å². The summed E-state index contributed by atoms with van der Waals surface area (Å²) in [5.41, 5.74) is -1.26. The fraction of sp³-hybridized carbons (Fsp3) is 0.778. The number of rotatable bonds is 3. The summed E-state index contributed by atoms with van der Waals surface area (Å²) in [6, 6.07) is 0. The molecule has 1 fully saturated rings. The molecule has 0 bridgehead atoms. The van der Waals surface area contributed by atoms with Gasteiger partial charge in [0.25, 0.3) is 0 Å². The van der Waals surface area contributed by atoms with E-state index in [1.807, 2.05) is 0 Å². The molecule has 1 aliphatic rings. The number of carboxylic acids is 1. The molecule has 4 heteroatoms. The number of hydrogen-bond donors (Lipinski definition) is 1. The number of carbonyl (C=O) groups is 2. The molecule has 4 nitrogen and oxygen atoms in total. The van der Waals surface area contributed by atoms with Crippen molar-refractivity contribution >= 4 is 11.8 Å². The minimum atomic E-state index is -1.26. The third-order valence-electron chi connectivity index (χ3n) is 2.59. The molecule has 0 aromatic carbocycles. The molecule has 1 rings (SSSR count). The molecule has 0 spiro atoms. The molecule has 0 aromatic heterocycles. The van der Waals surface area contributed by atoms with E-state index in [4.69, 9.17) is 9.84 Å². The second-order valence-corrected chi connectivity index (χ2v) is 3.45. The number of carbonyl (C=O) groups excluding carboxylic acids is 1. The predicted molar refractivity (Wildman–Crippen MR) is 45.4 cm³/mol. The molecule has 0 amide bonds. The average molecular weight is 186 g/mol. The first-order chi connectivity index (χ1) is 6.13. The smallest absolute Gasteiger partial charge is 0.319 e. The van der Waals surface area contributed by atoms with Crippen LogP contribution in [-0.2, 0) is 14.3 Å². The zero-order chi connectivity index (χ0) is 9.90. The van der Waals surface area contributed by atoms with E-state index >= 15 is 0 Å². The molecule has 0 aliphatic heterocycles. The van der Waals surface area contributed by atoms with Gasteiger partial charge in [0.05, 0.1) is 6.61 Å². The van der Waals surface area contributed by atoms with E-state index in [0.29, 0.717) is 12.8 Å². The summed E-state index contributed by atoms with van der Waals surface area (Å²) < 4.78 is 4.81. The summed E-state index contributed by atoms with van der Waals surface area (Å²) in [5.74, 6) is -1.23. The van der Waals surface area contributed by atoms with Gasteiger partial charge in [-0.15, -0.1) is 0 Å². The summed E-state index contributed by atoms with van der Waals surface area (Å²) in [6.45, 7) is 0.00116. The number of ether oxygens (including phenoxy) is 1. The van der Waals surface area contributed by atoms with Crippen LogP contribution < -0.4 is 0 Å². The summed E-state index contributed by atoms with van der Waals surface area (Å²) in [6.07, 6.45) is 2.38. The van der Waals surface area contributed by atoms with Crippen molar-refractivity contribution in [1.82, 2.24) is 0 Å². The van der Waals surface area contributed by atoms with E-state index in [1.165, 1.54) is 7.11 Å². The third-order valence-corrected chi connectivity index (χ3v) is 2.59. The molecule has 1 atom stereocenters. The minimum absolute atomic E-state index is 0.00116. The van der Waals surface area contributed by atoms with Crippen molar-refractivity contribution in [3.8, 4) is 0 Å². The fourth-order valence-electron chi connectivity index (χ4n) is 1.78. The molecule has 1 saturated carbocycles. The Morgan fingerprint density at radius 3 is 2.77 bits per heavy atom. The Morgan fingerprint density at radius 2 is 2.31 bits per heavy atom. The molecule has 13 heavy (non-hydrogen) atoms. The number of Topliss-reactive ketones (excluding diaryl/α,β-unsaturated/α-hetero) is 1. The topological polar surface area (TPSA) is 63.6 Å². The molecule has 0 aromatic rings. The van der Waals surface area contributed by atoms with E-state index in [-0.39, 0.29) is 12.4 Å². The van der Waals surface area contributed by atoms with Gasteiger partial charge in [0, 0.05) is 13.5 Å². The van der Waals surface area contributed by atoms with Gasteiger partial charge in [-0.2, -0.15) is 0 Å². The standard InChI is InChI=1S/C9H14O4/c1-13-6-9(8(11)12)5-3-2-4-7(9)10/h2-6H2,1H3,(H,11,12). The number of ketones is 1. The van der Waals surface area contributed by atoms with Gasteiger partial charge in [-0.05, 0) is 12.8 Å². The van der Waals surface area contributed by atoms with Crippen molar-refractivity contribution in [3.63, 3.8) is 0 Å². The molecule has 1 aliphatic carbocycles. The van der Waals surface area contributed by atoms with Crippen molar-refractivity contribution in [2.75, 3.05) is 13.7 Å². The van der Waals surface area contributed by atoms with Gasteiger partial charge < -0.3 is 9.84 Å². The second-order valence-electron chi connectivity index (χ2n) is 3.45. The highest BCUT2D eigenvalue weighted by Crippen LogP contribution is 2.33. The van der Waals surface area contributed by atoms with Crippen LogP contribution in [0.25, 0.3) is 0 Å². The summed E-state index contributed by atoms with van der Waals surface area (Å²) in [4.78, 5) is 22.5. The number of carboxylic acid groups (broad SMARTS) is 1. The van der Waals surface area contributed by atoms with Crippen molar-refractivity contribution in [2.45, 2.75) is 25.7 Å². The van der Waals surface area contributed by atoms with Crippen LogP contribution >= 0.6 is 0 Å². The van der Waals surface area contributed by atoms with Crippen molar-refractivity contribution in [1.29, 1.82) is 0 Å². The molecule has 1 N–H and O–H groups in total. The Hall–Kier alpha value is -0.900. The first-order valence-corrected chi connectivity index (χ1v) is 4.39. The van der Waals surface area contributed by atoms with E-state index in [2.05, 4.69) is 0 Å². The lowest BCUT2D eigenvalue weighted by Gasteiger charge is -2.30. The Kier molecular flexibility index (Phi) is 3.03. The Labute approximate surface area is 76.9 Å². The first kappa shape index (κ1) is 10.2. The predicted octanol–water partition coefficient (Wildman–Crippen LogP) is 0.847. The largest absolute Gasteiger partial charge is 0.480 e. The SMILES string of the molecule is COCC1(C(=O)O)CCCCC1=O. The van der Waals surface area contributed by atoms with Crippen LogP contribution in [0.15, 0.2) is 0 Å². The van der Waals surface area contributed by atoms with Crippen molar-refractivity contribution in [2.24, 2.45) is 5.41 Å². The average Bonchev–Trinajstić information content (AvgIpc) is 2.09. The van der Waals surface area contributed by atoms with Gasteiger partial charge >= 0.3 is 5.97 Å². The normalized spacial score (nSPS) is 28.8. The van der Waals surface area contributed by atoms with Gasteiger partial charge in [0.1, 0.15) is 5.41 Å². The molecule has 0 heterocycles. The van der Waals surface area contributed by atoms with Gasteiger partial charge in [-0.1, -0.05) is 6.42 Å². The maximum atomic E-state index is 11.5. The van der Waals surface area contributed by atoms with Crippen LogP contribution in [0.5, 0.6) is 0 Å². The summed E-state index contributed by atoms with van der Waals surface area (Å²) in [5, 5.41) is 8.99. The maximum Gasteiger partial charge on any atom is 0.319 e.